The minimum absolute atomic E-state index is 0. The molecule has 6 heterocycles. The van der Waals surface area contributed by atoms with E-state index in [1.807, 2.05) is 114 Å². The minimum atomic E-state index is -0.125. The van der Waals surface area contributed by atoms with Crippen LogP contribution in [-0.2, 0) is 106 Å². The van der Waals surface area contributed by atoms with Crippen LogP contribution in [0.15, 0.2) is 351 Å². The van der Waals surface area contributed by atoms with Gasteiger partial charge in [0.15, 0.2) is 35.9 Å². The first-order valence-electron chi connectivity index (χ1n) is 44.5. The molecule has 18 heteroatoms. The maximum atomic E-state index is 11.0. The molecule has 0 unspecified atom stereocenters. The van der Waals surface area contributed by atoms with Gasteiger partial charge in [0.2, 0.25) is 5.69 Å². The Kier molecular flexibility index (Phi) is 43.8. The van der Waals surface area contributed by atoms with Crippen molar-refractivity contribution in [1.29, 1.82) is 0 Å². The molecule has 4 radical (unpaired) electrons. The molecule has 0 atom stereocenters. The smallest absolute Gasteiger partial charge is 0.221 e. The van der Waals surface area contributed by atoms with Crippen molar-refractivity contribution in [1.82, 2.24) is 24.9 Å². The molecule has 0 saturated carbocycles. The predicted octanol–water partition coefficient (Wildman–Crippen LogP) is 28.9. The first-order valence-corrected chi connectivity index (χ1v) is 44.5. The van der Waals surface area contributed by atoms with E-state index in [2.05, 4.69) is 295 Å². The summed E-state index contributed by atoms with van der Waals surface area (Å²) in [7, 11) is 0. The van der Waals surface area contributed by atoms with E-state index in [0.29, 0.717) is 0 Å². The third kappa shape index (κ3) is 32.2. The molecule has 0 saturated heterocycles. The zero-order valence-corrected chi connectivity index (χ0v) is 90.1. The number of aromatic nitrogens is 6. The van der Waals surface area contributed by atoms with Crippen molar-refractivity contribution < 1.29 is 125 Å². The molecule has 14 nitrogen and oxygen atoms in total. The SMILES string of the molecule is CC(=O)C=C(C)O.CC(=O)C=C(C)O.CC(=O)C=C(C)O.CC(C)C(=O)C=C(O)C(C)C.Cc1[c-]c(-c2ccc3ccc(C)cc3n2)cc(C)c1.Cc1[c-]c(-c2ccc3ccccc3n2)cc(C)c1.Cc1cc2ccccc2nc1-c1[c-]cccc1.Cc1cnc2c3[c-]cc(-c4ccccc4)cc3c3cc(-c4ccccc4)ccc3c2n1.[Ir].[Ir].[Ir].[Ir].c1ccc2c(c1)C[n+]1ccc3ccccc3c1-2. The maximum absolute atomic E-state index is 11.0. The van der Waals surface area contributed by atoms with Gasteiger partial charge in [-0.1, -0.05) is 277 Å². The van der Waals surface area contributed by atoms with Crippen LogP contribution in [0.2, 0.25) is 0 Å². The number of para-hydroxylation sites is 2. The number of carbonyl (C=O) groups is 4. The number of aliphatic hydroxyl groups is 4. The van der Waals surface area contributed by atoms with Gasteiger partial charge >= 0.3 is 0 Å². The first kappa shape index (κ1) is 112. The fourth-order valence-corrected chi connectivity index (χ4v) is 15.2. The third-order valence-corrected chi connectivity index (χ3v) is 21.3. The number of benzene rings is 13. The molecule has 0 aliphatic carbocycles. The van der Waals surface area contributed by atoms with Gasteiger partial charge in [-0.3, -0.25) is 39.1 Å². The Labute approximate surface area is 864 Å². The summed E-state index contributed by atoms with van der Waals surface area (Å²) in [6.07, 6.45) is 8.85. The molecule has 13 aromatic carbocycles. The zero-order chi connectivity index (χ0) is 96.2. The normalized spacial score (nSPS) is 11.1. The number of allylic oxidation sites excluding steroid dienone is 8. The Morgan fingerprint density at radius 3 is 1.43 bits per heavy atom. The average Bonchev–Trinajstić information content (AvgIpc) is 0.839. The Bertz CT molecular complexity index is 7280. The average molecular weight is 2540 g/mol. The van der Waals surface area contributed by atoms with Gasteiger partial charge in [-0.05, 0) is 153 Å². The second kappa shape index (κ2) is 54.1. The predicted molar refractivity (Wildman–Crippen MR) is 551 cm³/mol. The maximum Gasteiger partial charge on any atom is 0.221 e. The van der Waals surface area contributed by atoms with Crippen molar-refractivity contribution in [3.63, 3.8) is 0 Å². The van der Waals surface area contributed by atoms with Crippen LogP contribution >= 0.6 is 0 Å². The topological polar surface area (TPSA) is 218 Å². The van der Waals surface area contributed by atoms with Gasteiger partial charge in [-0.25, -0.2) is 0 Å². The third-order valence-electron chi connectivity index (χ3n) is 21.3. The molecular formula is C120H113Ir4N6O8-3. The van der Waals surface area contributed by atoms with E-state index < -0.39 is 0 Å². The first-order chi connectivity index (χ1) is 64.2. The summed E-state index contributed by atoms with van der Waals surface area (Å²) in [6.45, 7) is 31.4. The molecule has 0 fully saturated rings. The van der Waals surface area contributed by atoms with Crippen LogP contribution in [0, 0.1) is 84.6 Å². The van der Waals surface area contributed by atoms with Crippen molar-refractivity contribution >= 4 is 99.2 Å². The molecule has 1 aliphatic heterocycles. The van der Waals surface area contributed by atoms with Crippen molar-refractivity contribution in [2.24, 2.45) is 11.8 Å². The van der Waals surface area contributed by atoms with Gasteiger partial charge in [0.1, 0.15) is 0 Å². The Balaban J connectivity index is 0.000000219. The molecule has 19 rings (SSSR count). The summed E-state index contributed by atoms with van der Waals surface area (Å²) in [6, 6.07) is 115. The molecule has 0 bridgehead atoms. The standard InChI is InChI=1S/C29H19N2.C18H16N.C17H14N.2C16H12N.C9H16O2.3C5H8O2.4Ir/c1-19-18-30-28-24-14-12-22(20-8-4-2-5-9-20)16-26(24)27-17-23(21-10-6-3-7-11-21)13-15-25(27)29(28)31-19;1-12-4-5-15-6-7-17(19-18(15)11-12)16-9-13(2)8-14(3)10-16;1-12-9-13(2)11-15(10-12)17-8-7-14-5-3-4-6-16(14)18-17;1-3-7-14-12(5-1)9-10-17-11-13-6-2-4-8-15(13)16(14)17;1-12-11-14-9-5-6-10-15(14)17-16(12)13-7-3-2-4-8-13;1-6(2)8(10)5-9(11)7(3)4;3*1-4(6)3-5(2)7;;;;/h2-13,15-18H,1H3;4-9,11H,1-3H3;3-10H,1-2H3;1-10H,11H2;2-7,9-11H,1H3;5-7,10H,1-4H3;3*3,6H,1-2H3;;;;/q3*-1;+1;-1;;;;;;;;. The summed E-state index contributed by atoms with van der Waals surface area (Å²) in [4.78, 5) is 64.8. The number of pyridine rings is 4. The van der Waals surface area contributed by atoms with E-state index in [1.165, 1.54) is 154 Å². The van der Waals surface area contributed by atoms with Crippen molar-refractivity contribution in [2.75, 3.05) is 0 Å². The minimum Gasteiger partial charge on any atom is -0.512 e. The van der Waals surface area contributed by atoms with Gasteiger partial charge in [0.25, 0.3) is 0 Å². The van der Waals surface area contributed by atoms with Crippen LogP contribution < -0.4 is 4.57 Å². The van der Waals surface area contributed by atoms with Gasteiger partial charge in [-0.15, -0.1) is 129 Å². The van der Waals surface area contributed by atoms with E-state index in [1.54, 1.807) is 0 Å². The van der Waals surface area contributed by atoms with E-state index in [4.69, 9.17) is 40.2 Å². The molecule has 138 heavy (non-hydrogen) atoms. The van der Waals surface area contributed by atoms with E-state index in [9.17, 15) is 24.3 Å². The van der Waals surface area contributed by atoms with Crippen molar-refractivity contribution in [3.8, 4) is 67.3 Å². The Morgan fingerprint density at radius 2 is 0.884 bits per heavy atom. The summed E-state index contributed by atoms with van der Waals surface area (Å²) < 4.78 is 2.34. The largest absolute Gasteiger partial charge is 0.512 e. The number of aryl methyl sites for hydroxylation is 7. The van der Waals surface area contributed by atoms with E-state index >= 15 is 0 Å². The number of hydrogen-bond acceptors (Lipinski definition) is 13. The molecule has 4 N–H and O–H groups in total. The van der Waals surface area contributed by atoms with Crippen LogP contribution in [-0.4, -0.2) is 68.5 Å². The molecule has 18 aromatic rings. The van der Waals surface area contributed by atoms with Crippen LogP contribution in [0.5, 0.6) is 0 Å². The van der Waals surface area contributed by atoms with Crippen LogP contribution in [0.4, 0.5) is 0 Å². The zero-order valence-electron chi connectivity index (χ0n) is 80.5. The van der Waals surface area contributed by atoms with Gasteiger partial charge in [0, 0.05) is 140 Å². The number of rotatable bonds is 11. The fraction of sp³-hybridized carbons (Fsp3) is 0.167. The monoisotopic (exact) mass is 2540 g/mol. The van der Waals surface area contributed by atoms with Crippen molar-refractivity contribution in [2.45, 2.75) is 124 Å². The number of ketones is 4. The number of carbonyl (C=O) groups excluding carboxylic acids is 4. The Hall–Kier alpha value is -13.2. The van der Waals surface area contributed by atoms with E-state index in [-0.39, 0.29) is 138 Å². The fourth-order valence-electron chi connectivity index (χ4n) is 15.2. The number of fused-ring (bicyclic) bond motifs is 14. The quantitative estimate of drug-likeness (QED) is 0.0312. The van der Waals surface area contributed by atoms with Crippen molar-refractivity contribution in [3.05, 3.63) is 420 Å². The number of aliphatic hydroxyl groups excluding tert-OH is 4. The van der Waals surface area contributed by atoms with Gasteiger partial charge in [0.05, 0.1) is 61.7 Å². The number of nitrogens with zero attached hydrogens (tertiary/aromatic N) is 6. The summed E-state index contributed by atoms with van der Waals surface area (Å²) in [5.41, 5.74) is 28.2. The molecule has 1 aliphatic rings. The van der Waals surface area contributed by atoms with Gasteiger partial charge < -0.3 is 25.4 Å². The second-order valence-electron chi connectivity index (χ2n) is 33.8. The molecule has 0 spiro atoms. The summed E-state index contributed by atoms with van der Waals surface area (Å²) in [5.74, 6) is -0.0269. The molecular weight excluding hydrogens is 2420 g/mol. The number of hydrogen-bond donors (Lipinski definition) is 4. The van der Waals surface area contributed by atoms with Crippen LogP contribution in [0.3, 0.4) is 0 Å². The van der Waals surface area contributed by atoms with Crippen LogP contribution in [0.25, 0.3) is 143 Å². The molecule has 5 aromatic heterocycles. The Morgan fingerprint density at radius 1 is 0.384 bits per heavy atom. The summed E-state index contributed by atoms with van der Waals surface area (Å²) in [5, 5.41) is 44.9. The summed E-state index contributed by atoms with van der Waals surface area (Å²) >= 11 is 0. The van der Waals surface area contributed by atoms with Gasteiger partial charge in [-0.2, -0.15) is 4.57 Å². The molecule has 710 valence electrons. The second-order valence-corrected chi connectivity index (χ2v) is 33.8. The van der Waals surface area contributed by atoms with Crippen LogP contribution in [0.1, 0.15) is 114 Å². The molecule has 0 amide bonds. The van der Waals surface area contributed by atoms with E-state index in [0.717, 1.165) is 106 Å².